The molecule has 6 rings (SSSR count). The fraction of sp³-hybridized carbons (Fsp3) is 0.548. The third-order valence-electron chi connectivity index (χ3n) is 8.30. The number of anilines is 1. The Bertz CT molecular complexity index is 1520. The molecule has 3 aromatic rings. The van der Waals surface area contributed by atoms with Gasteiger partial charge in [0.1, 0.15) is 5.60 Å². The standard InChI is InChI=1S/C31H40N4O5S/c1-21-8-12-25(13-9-21)41(37,38)39-20-22-18-24(19-22)35-27-7-5-6-26(28(27)29(32-35)23-10-11-23)33-14-16-34(17-15-33)30(36)40-31(2,3)4/h5-9,12-13,22-24H,10-11,14-20H2,1-4H3/t22-,24-. The lowest BCUT2D eigenvalue weighted by Gasteiger charge is -2.37. The largest absolute Gasteiger partial charge is 0.444 e. The van der Waals surface area contributed by atoms with Crippen LogP contribution in [-0.2, 0) is 19.0 Å². The van der Waals surface area contributed by atoms with E-state index in [1.54, 1.807) is 29.2 Å². The van der Waals surface area contributed by atoms with Crippen molar-refractivity contribution >= 4 is 32.8 Å². The molecule has 0 atom stereocenters. The number of carbonyl (C=O) groups is 1. The number of aryl methyl sites for hydroxylation is 1. The molecule has 2 saturated carbocycles. The van der Waals surface area contributed by atoms with E-state index in [1.165, 1.54) is 16.8 Å². The second kappa shape index (κ2) is 10.6. The molecule has 0 N–H and O–H groups in total. The summed E-state index contributed by atoms with van der Waals surface area (Å²) < 4.78 is 38.5. The van der Waals surface area contributed by atoms with Gasteiger partial charge in [0.25, 0.3) is 10.1 Å². The van der Waals surface area contributed by atoms with Crippen molar-refractivity contribution in [2.75, 3.05) is 37.7 Å². The third kappa shape index (κ3) is 5.95. The van der Waals surface area contributed by atoms with Gasteiger partial charge in [-0.15, -0.1) is 0 Å². The minimum Gasteiger partial charge on any atom is -0.444 e. The zero-order valence-corrected chi connectivity index (χ0v) is 25.2. The number of benzene rings is 2. The van der Waals surface area contributed by atoms with E-state index in [0.29, 0.717) is 19.0 Å². The first kappa shape index (κ1) is 28.0. The average Bonchev–Trinajstić information content (AvgIpc) is 3.68. The van der Waals surface area contributed by atoms with Crippen molar-refractivity contribution in [3.8, 4) is 0 Å². The Balaban J connectivity index is 1.14. The molecule has 0 spiro atoms. The van der Waals surface area contributed by atoms with Crippen LogP contribution in [0.2, 0.25) is 0 Å². The minimum absolute atomic E-state index is 0.174. The molecule has 1 aliphatic heterocycles. The predicted molar refractivity (Wildman–Crippen MR) is 158 cm³/mol. The highest BCUT2D eigenvalue weighted by molar-refractivity contribution is 7.86. The quantitative estimate of drug-likeness (QED) is 0.334. The molecule has 2 aromatic carbocycles. The van der Waals surface area contributed by atoms with E-state index in [1.807, 2.05) is 27.7 Å². The molecular formula is C31H40N4O5S. The summed E-state index contributed by atoms with van der Waals surface area (Å²) in [7, 11) is -3.76. The Kier molecular flexibility index (Phi) is 7.26. The number of nitrogens with zero attached hydrogens (tertiary/aromatic N) is 4. The first-order valence-electron chi connectivity index (χ1n) is 14.7. The van der Waals surface area contributed by atoms with Gasteiger partial charge in [0.05, 0.1) is 28.8 Å². The highest BCUT2D eigenvalue weighted by Crippen LogP contribution is 2.48. The SMILES string of the molecule is Cc1ccc(S(=O)(=O)OC[C@H]2C[C@H](n3nc(C4CC4)c4c(N5CCN(C(=O)OC(C)(C)C)CC5)cccc43)C2)cc1. The number of hydrogen-bond donors (Lipinski definition) is 0. The summed E-state index contributed by atoms with van der Waals surface area (Å²) in [4.78, 5) is 16.9. The Hall–Kier alpha value is -3.11. The van der Waals surface area contributed by atoms with Crippen molar-refractivity contribution in [1.29, 1.82) is 0 Å². The molecule has 1 aromatic heterocycles. The second-order valence-corrected chi connectivity index (χ2v) is 14.4. The summed E-state index contributed by atoms with van der Waals surface area (Å²) >= 11 is 0. The van der Waals surface area contributed by atoms with Gasteiger partial charge in [-0.3, -0.25) is 8.86 Å². The third-order valence-corrected chi connectivity index (χ3v) is 9.60. The molecule has 0 radical (unpaired) electrons. The van der Waals surface area contributed by atoms with Gasteiger partial charge < -0.3 is 14.5 Å². The summed E-state index contributed by atoms with van der Waals surface area (Å²) in [5.41, 5.74) is 3.99. The molecule has 3 fully saturated rings. The maximum absolute atomic E-state index is 12.6. The lowest BCUT2D eigenvalue weighted by Crippen LogP contribution is -2.50. The Morgan fingerprint density at radius 3 is 2.32 bits per heavy atom. The van der Waals surface area contributed by atoms with Crippen LogP contribution < -0.4 is 4.90 Å². The molecule has 3 aliphatic rings. The van der Waals surface area contributed by atoms with E-state index in [0.717, 1.165) is 49.9 Å². The van der Waals surface area contributed by atoms with E-state index >= 15 is 0 Å². The zero-order valence-electron chi connectivity index (χ0n) is 24.4. The number of piperazine rings is 1. The first-order chi connectivity index (χ1) is 19.5. The minimum atomic E-state index is -3.76. The van der Waals surface area contributed by atoms with Crippen LogP contribution in [0.25, 0.3) is 10.9 Å². The number of fused-ring (bicyclic) bond motifs is 1. The topological polar surface area (TPSA) is 94.0 Å². The Morgan fingerprint density at radius 1 is 1.00 bits per heavy atom. The van der Waals surface area contributed by atoms with Gasteiger partial charge in [-0.1, -0.05) is 23.8 Å². The van der Waals surface area contributed by atoms with Crippen molar-refractivity contribution in [3.05, 3.63) is 53.7 Å². The molecule has 0 unspecified atom stereocenters. The lowest BCUT2D eigenvalue weighted by molar-refractivity contribution is 0.0240. The molecule has 41 heavy (non-hydrogen) atoms. The van der Waals surface area contributed by atoms with Crippen molar-refractivity contribution in [2.45, 2.75) is 75.8 Å². The monoisotopic (exact) mass is 580 g/mol. The van der Waals surface area contributed by atoms with E-state index < -0.39 is 15.7 Å². The maximum atomic E-state index is 12.6. The molecule has 0 bridgehead atoms. The van der Waals surface area contributed by atoms with Crippen LogP contribution in [0.3, 0.4) is 0 Å². The first-order valence-corrected chi connectivity index (χ1v) is 16.1. The average molecular weight is 581 g/mol. The van der Waals surface area contributed by atoms with Crippen LogP contribution in [0.15, 0.2) is 47.4 Å². The Labute approximate surface area is 242 Å². The molecule has 10 heteroatoms. The highest BCUT2D eigenvalue weighted by Gasteiger charge is 2.37. The van der Waals surface area contributed by atoms with Crippen LogP contribution in [-0.4, -0.2) is 67.6 Å². The molecule has 2 heterocycles. The van der Waals surface area contributed by atoms with Crippen LogP contribution >= 0.6 is 0 Å². The molecular weight excluding hydrogens is 540 g/mol. The summed E-state index contributed by atoms with van der Waals surface area (Å²) in [6.45, 7) is 10.5. The summed E-state index contributed by atoms with van der Waals surface area (Å²) in [5.74, 6) is 0.662. The van der Waals surface area contributed by atoms with Crippen LogP contribution in [0.1, 0.15) is 69.7 Å². The van der Waals surface area contributed by atoms with Gasteiger partial charge in [-0.05, 0) is 83.6 Å². The van der Waals surface area contributed by atoms with Gasteiger partial charge in [-0.2, -0.15) is 13.5 Å². The van der Waals surface area contributed by atoms with E-state index in [-0.39, 0.29) is 29.6 Å². The van der Waals surface area contributed by atoms with Gasteiger partial charge >= 0.3 is 6.09 Å². The number of hydrogen-bond acceptors (Lipinski definition) is 7. The number of aromatic nitrogens is 2. The highest BCUT2D eigenvalue weighted by atomic mass is 32.2. The van der Waals surface area contributed by atoms with E-state index in [4.69, 9.17) is 14.0 Å². The van der Waals surface area contributed by atoms with Gasteiger partial charge in [0.15, 0.2) is 0 Å². The van der Waals surface area contributed by atoms with Crippen molar-refractivity contribution in [3.63, 3.8) is 0 Å². The van der Waals surface area contributed by atoms with Gasteiger partial charge in [-0.25, -0.2) is 4.79 Å². The van der Waals surface area contributed by atoms with Crippen molar-refractivity contribution in [2.24, 2.45) is 5.92 Å². The molecule has 2 aliphatic carbocycles. The fourth-order valence-electron chi connectivity index (χ4n) is 5.84. The van der Waals surface area contributed by atoms with Crippen molar-refractivity contribution in [1.82, 2.24) is 14.7 Å². The zero-order chi connectivity index (χ0) is 28.9. The maximum Gasteiger partial charge on any atom is 0.410 e. The van der Waals surface area contributed by atoms with E-state index in [9.17, 15) is 13.2 Å². The van der Waals surface area contributed by atoms with Crippen LogP contribution in [0.5, 0.6) is 0 Å². The number of amides is 1. The number of carbonyl (C=O) groups excluding carboxylic acids is 1. The molecule has 1 amide bonds. The Morgan fingerprint density at radius 2 is 1.68 bits per heavy atom. The van der Waals surface area contributed by atoms with Gasteiger partial charge in [0, 0.05) is 43.2 Å². The second-order valence-electron chi connectivity index (χ2n) is 12.8. The molecule has 220 valence electrons. The van der Waals surface area contributed by atoms with E-state index in [2.05, 4.69) is 27.8 Å². The summed E-state index contributed by atoms with van der Waals surface area (Å²) in [6, 6.07) is 13.4. The van der Waals surface area contributed by atoms with Gasteiger partial charge in [0.2, 0.25) is 0 Å². The predicted octanol–water partition coefficient (Wildman–Crippen LogP) is 5.64. The smallest absolute Gasteiger partial charge is 0.410 e. The fourth-order valence-corrected chi connectivity index (χ4v) is 6.81. The van der Waals surface area contributed by atoms with Crippen molar-refractivity contribution < 1.29 is 22.1 Å². The lowest BCUT2D eigenvalue weighted by atomic mass is 9.81. The summed E-state index contributed by atoms with van der Waals surface area (Å²) in [5, 5.41) is 6.38. The molecule has 9 nitrogen and oxygen atoms in total. The molecule has 1 saturated heterocycles. The number of rotatable bonds is 7. The number of ether oxygens (including phenoxy) is 1. The normalized spacial score (nSPS) is 21.7. The summed E-state index contributed by atoms with van der Waals surface area (Å²) in [6.07, 6.45) is 3.74. The van der Waals surface area contributed by atoms with Crippen LogP contribution in [0.4, 0.5) is 10.5 Å². The van der Waals surface area contributed by atoms with Crippen LogP contribution in [0, 0.1) is 12.8 Å².